The van der Waals surface area contributed by atoms with E-state index in [-0.39, 0.29) is 0 Å². The van der Waals surface area contributed by atoms with Crippen LogP contribution in [0.15, 0.2) is 12.1 Å². The lowest BCUT2D eigenvalue weighted by atomic mass is 10.2. The van der Waals surface area contributed by atoms with Gasteiger partial charge in [0.2, 0.25) is 0 Å². The van der Waals surface area contributed by atoms with Gasteiger partial charge in [0.05, 0.1) is 19.2 Å². The van der Waals surface area contributed by atoms with Crippen LogP contribution in [-0.2, 0) is 0 Å². The third kappa shape index (κ3) is 1.48. The van der Waals surface area contributed by atoms with Crippen molar-refractivity contribution in [3.8, 4) is 11.5 Å². The smallest absolute Gasteiger partial charge is 0.179 e. The summed E-state index contributed by atoms with van der Waals surface area (Å²) in [5.74, 6) is 1.15. The van der Waals surface area contributed by atoms with E-state index in [1.165, 1.54) is 0 Å². The molecular formula is C9H10ClO2. The summed E-state index contributed by atoms with van der Waals surface area (Å²) in [5.41, 5.74) is 0.731. The number of hydrogen-bond acceptors (Lipinski definition) is 2. The van der Waals surface area contributed by atoms with E-state index in [0.29, 0.717) is 16.5 Å². The quantitative estimate of drug-likeness (QED) is 0.705. The van der Waals surface area contributed by atoms with Crippen LogP contribution in [0.3, 0.4) is 0 Å². The fourth-order valence-electron chi connectivity index (χ4n) is 0.930. The normalized spacial score (nSPS) is 9.67. The predicted octanol–water partition coefficient (Wildman–Crippen LogP) is 2.54. The summed E-state index contributed by atoms with van der Waals surface area (Å²) in [6, 6.07) is 3.55. The van der Waals surface area contributed by atoms with Gasteiger partial charge in [-0.1, -0.05) is 17.7 Å². The molecule has 0 aliphatic rings. The van der Waals surface area contributed by atoms with Crippen molar-refractivity contribution in [2.24, 2.45) is 0 Å². The molecular weight excluding hydrogens is 176 g/mol. The fraction of sp³-hybridized carbons (Fsp3) is 0.222. The second-order valence-electron chi connectivity index (χ2n) is 2.27. The lowest BCUT2D eigenvalue weighted by Gasteiger charge is -2.09. The average molecular weight is 186 g/mol. The van der Waals surface area contributed by atoms with Gasteiger partial charge in [-0.25, -0.2) is 0 Å². The molecule has 65 valence electrons. The van der Waals surface area contributed by atoms with Gasteiger partial charge in [-0.2, -0.15) is 0 Å². The highest BCUT2D eigenvalue weighted by atomic mass is 35.5. The summed E-state index contributed by atoms with van der Waals surface area (Å²) in [6.07, 6.45) is 0. The van der Waals surface area contributed by atoms with E-state index in [9.17, 15) is 0 Å². The van der Waals surface area contributed by atoms with Gasteiger partial charge >= 0.3 is 0 Å². The lowest BCUT2D eigenvalue weighted by molar-refractivity contribution is 0.355. The number of rotatable bonds is 2. The Bertz CT molecular complexity index is 284. The molecule has 0 amide bonds. The van der Waals surface area contributed by atoms with Crippen LogP contribution < -0.4 is 9.47 Å². The molecule has 12 heavy (non-hydrogen) atoms. The van der Waals surface area contributed by atoms with Crippen molar-refractivity contribution in [1.82, 2.24) is 0 Å². The molecule has 0 atom stereocenters. The minimum atomic E-state index is 0.497. The van der Waals surface area contributed by atoms with E-state index >= 15 is 0 Å². The van der Waals surface area contributed by atoms with Gasteiger partial charge < -0.3 is 9.47 Å². The van der Waals surface area contributed by atoms with Crippen LogP contribution in [0.4, 0.5) is 0 Å². The molecule has 0 N–H and O–H groups in total. The van der Waals surface area contributed by atoms with Crippen molar-refractivity contribution < 1.29 is 9.47 Å². The highest BCUT2D eigenvalue weighted by Crippen LogP contribution is 2.36. The zero-order chi connectivity index (χ0) is 9.14. The maximum absolute atomic E-state index is 5.91. The Hall–Kier alpha value is -0.890. The summed E-state index contributed by atoms with van der Waals surface area (Å²) < 4.78 is 10.1. The molecule has 0 fully saturated rings. The number of ether oxygens (including phenoxy) is 2. The highest BCUT2D eigenvalue weighted by Gasteiger charge is 2.09. The van der Waals surface area contributed by atoms with Gasteiger partial charge in [0.25, 0.3) is 0 Å². The van der Waals surface area contributed by atoms with E-state index in [4.69, 9.17) is 21.1 Å². The molecule has 0 aliphatic carbocycles. The third-order valence-corrected chi connectivity index (χ3v) is 1.98. The molecule has 0 aromatic heterocycles. The van der Waals surface area contributed by atoms with Crippen LogP contribution >= 0.6 is 11.6 Å². The first-order chi connectivity index (χ1) is 5.70. The molecule has 0 aliphatic heterocycles. The number of halogens is 1. The minimum Gasteiger partial charge on any atom is -0.493 e. The molecule has 1 aromatic rings. The van der Waals surface area contributed by atoms with Crippen LogP contribution in [-0.4, -0.2) is 14.2 Å². The Kier molecular flexibility index (Phi) is 2.82. The van der Waals surface area contributed by atoms with Crippen LogP contribution in [0.1, 0.15) is 5.56 Å². The summed E-state index contributed by atoms with van der Waals surface area (Å²) in [6.45, 7) is 3.74. The average Bonchev–Trinajstić information content (AvgIpc) is 2.09. The van der Waals surface area contributed by atoms with Gasteiger partial charge in [-0.05, 0) is 18.6 Å². The molecule has 0 saturated carbocycles. The Morgan fingerprint density at radius 3 is 2.42 bits per heavy atom. The monoisotopic (exact) mass is 185 g/mol. The standard InChI is InChI=1S/C9H10ClO2/c1-6-4-5-7(11-2)9(12-3)8(6)10/h4-5H,1H2,2-3H3. The van der Waals surface area contributed by atoms with Gasteiger partial charge in [-0.3, -0.25) is 0 Å². The van der Waals surface area contributed by atoms with E-state index in [2.05, 4.69) is 6.92 Å². The lowest BCUT2D eigenvalue weighted by Crippen LogP contribution is -1.92. The maximum Gasteiger partial charge on any atom is 0.179 e. The topological polar surface area (TPSA) is 18.5 Å². The van der Waals surface area contributed by atoms with Gasteiger partial charge in [-0.15, -0.1) is 0 Å². The highest BCUT2D eigenvalue weighted by molar-refractivity contribution is 6.33. The van der Waals surface area contributed by atoms with Crippen LogP contribution in [0.2, 0.25) is 5.02 Å². The second kappa shape index (κ2) is 3.68. The summed E-state index contributed by atoms with van der Waals surface area (Å²) in [5, 5.41) is 0.497. The van der Waals surface area contributed by atoms with Gasteiger partial charge in [0.1, 0.15) is 0 Å². The first kappa shape index (κ1) is 9.20. The molecule has 1 radical (unpaired) electrons. The first-order valence-corrected chi connectivity index (χ1v) is 3.81. The van der Waals surface area contributed by atoms with E-state index < -0.39 is 0 Å². The summed E-state index contributed by atoms with van der Waals surface area (Å²) >= 11 is 5.91. The van der Waals surface area contributed by atoms with Crippen molar-refractivity contribution in [1.29, 1.82) is 0 Å². The minimum absolute atomic E-state index is 0.497. The third-order valence-electron chi connectivity index (χ3n) is 1.57. The molecule has 1 rings (SSSR count). The maximum atomic E-state index is 5.91. The summed E-state index contributed by atoms with van der Waals surface area (Å²) in [4.78, 5) is 0. The fourth-order valence-corrected chi connectivity index (χ4v) is 1.16. The zero-order valence-corrected chi connectivity index (χ0v) is 7.81. The van der Waals surface area contributed by atoms with Gasteiger partial charge in [0, 0.05) is 0 Å². The predicted molar refractivity (Wildman–Crippen MR) is 49.0 cm³/mol. The van der Waals surface area contributed by atoms with Crippen molar-refractivity contribution >= 4 is 11.6 Å². The Labute approximate surface area is 77.1 Å². The molecule has 0 heterocycles. The van der Waals surface area contributed by atoms with Crippen LogP contribution in [0, 0.1) is 6.92 Å². The molecule has 0 unspecified atom stereocenters. The molecule has 1 aromatic carbocycles. The second-order valence-corrected chi connectivity index (χ2v) is 2.65. The molecule has 3 heteroatoms. The number of benzene rings is 1. The number of methoxy groups -OCH3 is 2. The van der Waals surface area contributed by atoms with Crippen LogP contribution in [0.5, 0.6) is 11.5 Å². The molecule has 0 bridgehead atoms. The Morgan fingerprint density at radius 1 is 1.25 bits per heavy atom. The van der Waals surface area contributed by atoms with E-state index in [1.54, 1.807) is 26.4 Å². The van der Waals surface area contributed by atoms with E-state index in [1.807, 2.05) is 0 Å². The zero-order valence-electron chi connectivity index (χ0n) is 7.06. The Balaban J connectivity index is 3.25. The molecule has 0 saturated heterocycles. The first-order valence-electron chi connectivity index (χ1n) is 3.43. The Morgan fingerprint density at radius 2 is 1.92 bits per heavy atom. The molecule has 2 nitrogen and oxygen atoms in total. The van der Waals surface area contributed by atoms with Gasteiger partial charge in [0.15, 0.2) is 11.5 Å². The molecule has 0 spiro atoms. The van der Waals surface area contributed by atoms with Crippen molar-refractivity contribution in [3.05, 3.63) is 29.6 Å². The van der Waals surface area contributed by atoms with Crippen molar-refractivity contribution in [2.75, 3.05) is 14.2 Å². The van der Waals surface area contributed by atoms with Crippen molar-refractivity contribution in [3.63, 3.8) is 0 Å². The van der Waals surface area contributed by atoms with Crippen LogP contribution in [0.25, 0.3) is 0 Å². The summed E-state index contributed by atoms with van der Waals surface area (Å²) in [7, 11) is 3.11. The largest absolute Gasteiger partial charge is 0.493 e. The van der Waals surface area contributed by atoms with E-state index in [0.717, 1.165) is 5.56 Å². The van der Waals surface area contributed by atoms with Crippen molar-refractivity contribution in [2.45, 2.75) is 0 Å². The number of hydrogen-bond donors (Lipinski definition) is 0. The SMILES string of the molecule is [CH2]c1ccc(OC)c(OC)c1Cl.